The number of ether oxygens (including phenoxy) is 1. The highest BCUT2D eigenvalue weighted by molar-refractivity contribution is 5.82. The van der Waals surface area contributed by atoms with Gasteiger partial charge in [0.25, 0.3) is 0 Å². The minimum atomic E-state index is -0.332. The molecule has 0 aliphatic carbocycles. The summed E-state index contributed by atoms with van der Waals surface area (Å²) in [5.74, 6) is 1.37. The summed E-state index contributed by atoms with van der Waals surface area (Å²) in [6.07, 6.45) is 2.47. The van der Waals surface area contributed by atoms with Gasteiger partial charge in [-0.3, -0.25) is 4.79 Å². The summed E-state index contributed by atoms with van der Waals surface area (Å²) in [5.41, 5.74) is -0.332. The van der Waals surface area contributed by atoms with Gasteiger partial charge >= 0.3 is 0 Å². The number of rotatable bonds is 8. The first-order chi connectivity index (χ1) is 9.89. The second-order valence-electron chi connectivity index (χ2n) is 6.22. The summed E-state index contributed by atoms with van der Waals surface area (Å²) in [4.78, 5) is 16.5. The zero-order chi connectivity index (χ0) is 15.9. The van der Waals surface area contributed by atoms with E-state index in [1.165, 1.54) is 0 Å². The third-order valence-electron chi connectivity index (χ3n) is 4.38. The smallest absolute Gasteiger partial charge is 0.226 e. The van der Waals surface area contributed by atoms with E-state index in [0.29, 0.717) is 30.9 Å². The molecule has 0 unspecified atom stereocenters. The van der Waals surface area contributed by atoms with Crippen molar-refractivity contribution in [2.24, 2.45) is 17.3 Å². The van der Waals surface area contributed by atoms with Crippen molar-refractivity contribution in [1.82, 2.24) is 10.3 Å². The lowest BCUT2D eigenvalue weighted by Crippen LogP contribution is -2.46. The number of hydrogen-bond acceptors (Lipinski definition) is 3. The third kappa shape index (κ3) is 4.73. The Morgan fingerprint density at radius 1 is 1.29 bits per heavy atom. The number of nitrogens with zero attached hydrogens (tertiary/aromatic N) is 1. The van der Waals surface area contributed by atoms with Crippen LogP contribution in [0.1, 0.15) is 41.0 Å². The Hall–Kier alpha value is -1.58. The van der Waals surface area contributed by atoms with Crippen LogP contribution in [0.2, 0.25) is 0 Å². The minimum absolute atomic E-state index is 0.130. The molecule has 1 N–H and O–H groups in total. The first kappa shape index (κ1) is 17.5. The monoisotopic (exact) mass is 292 g/mol. The first-order valence-corrected chi connectivity index (χ1v) is 7.71. The summed E-state index contributed by atoms with van der Waals surface area (Å²) in [5, 5.41) is 3.03. The Balaban J connectivity index is 2.33. The fraction of sp³-hybridized carbons (Fsp3) is 0.647. The van der Waals surface area contributed by atoms with E-state index in [4.69, 9.17) is 4.74 Å². The van der Waals surface area contributed by atoms with E-state index in [1.54, 1.807) is 6.20 Å². The van der Waals surface area contributed by atoms with Crippen molar-refractivity contribution in [2.45, 2.75) is 41.0 Å². The van der Waals surface area contributed by atoms with Gasteiger partial charge in [0, 0.05) is 18.8 Å². The zero-order valence-corrected chi connectivity index (χ0v) is 13.8. The summed E-state index contributed by atoms with van der Waals surface area (Å²) in [7, 11) is 0. The molecule has 21 heavy (non-hydrogen) atoms. The molecule has 0 aliphatic rings. The van der Waals surface area contributed by atoms with E-state index in [9.17, 15) is 4.79 Å². The molecule has 0 aromatic carbocycles. The van der Waals surface area contributed by atoms with Crippen LogP contribution in [0, 0.1) is 17.3 Å². The van der Waals surface area contributed by atoms with Crippen molar-refractivity contribution >= 4 is 5.91 Å². The van der Waals surface area contributed by atoms with Crippen LogP contribution >= 0.6 is 0 Å². The molecule has 0 radical (unpaired) electrons. The van der Waals surface area contributed by atoms with E-state index < -0.39 is 0 Å². The van der Waals surface area contributed by atoms with E-state index in [0.717, 1.165) is 6.42 Å². The number of aromatic nitrogens is 1. The SMILES string of the molecule is CC(C)C(C)(C(=O)NCCCOc1ccccn1)C(C)C. The molecule has 4 nitrogen and oxygen atoms in total. The van der Waals surface area contributed by atoms with Crippen molar-refractivity contribution in [3.05, 3.63) is 24.4 Å². The van der Waals surface area contributed by atoms with Crippen LogP contribution in [0.25, 0.3) is 0 Å². The number of carbonyl (C=O) groups excluding carboxylic acids is 1. The molecule has 1 rings (SSSR count). The van der Waals surface area contributed by atoms with Crippen LogP contribution in [0.3, 0.4) is 0 Å². The number of amides is 1. The highest BCUT2D eigenvalue weighted by atomic mass is 16.5. The predicted octanol–water partition coefficient (Wildman–Crippen LogP) is 3.29. The van der Waals surface area contributed by atoms with Crippen LogP contribution in [0.5, 0.6) is 5.88 Å². The van der Waals surface area contributed by atoms with Gasteiger partial charge in [0.15, 0.2) is 0 Å². The molecular formula is C17H28N2O2. The molecule has 0 saturated heterocycles. The summed E-state index contributed by atoms with van der Waals surface area (Å²) >= 11 is 0. The summed E-state index contributed by atoms with van der Waals surface area (Å²) in [6.45, 7) is 11.6. The lowest BCUT2D eigenvalue weighted by Gasteiger charge is -2.36. The lowest BCUT2D eigenvalue weighted by molar-refractivity contribution is -0.135. The van der Waals surface area contributed by atoms with Crippen molar-refractivity contribution in [2.75, 3.05) is 13.2 Å². The largest absolute Gasteiger partial charge is 0.478 e. The van der Waals surface area contributed by atoms with Crippen LogP contribution in [-0.4, -0.2) is 24.0 Å². The minimum Gasteiger partial charge on any atom is -0.478 e. The van der Waals surface area contributed by atoms with Crippen LogP contribution in [0.15, 0.2) is 24.4 Å². The van der Waals surface area contributed by atoms with Crippen molar-refractivity contribution in [3.8, 4) is 5.88 Å². The molecule has 4 heteroatoms. The van der Waals surface area contributed by atoms with Gasteiger partial charge in [-0.2, -0.15) is 0 Å². The van der Waals surface area contributed by atoms with Crippen LogP contribution in [-0.2, 0) is 4.79 Å². The molecule has 0 aliphatic heterocycles. The maximum atomic E-state index is 12.4. The van der Waals surface area contributed by atoms with E-state index >= 15 is 0 Å². The molecule has 0 spiro atoms. The highest BCUT2D eigenvalue weighted by Crippen LogP contribution is 2.35. The molecule has 1 aromatic heterocycles. The number of carbonyl (C=O) groups is 1. The van der Waals surface area contributed by atoms with Gasteiger partial charge in [-0.15, -0.1) is 0 Å². The molecule has 0 fully saturated rings. The van der Waals surface area contributed by atoms with Gasteiger partial charge < -0.3 is 10.1 Å². The Morgan fingerprint density at radius 3 is 2.48 bits per heavy atom. The molecular weight excluding hydrogens is 264 g/mol. The zero-order valence-electron chi connectivity index (χ0n) is 13.8. The van der Waals surface area contributed by atoms with Gasteiger partial charge in [0.1, 0.15) is 0 Å². The van der Waals surface area contributed by atoms with Crippen LogP contribution in [0.4, 0.5) is 0 Å². The van der Waals surface area contributed by atoms with E-state index in [-0.39, 0.29) is 11.3 Å². The Labute approximate surface area is 128 Å². The average molecular weight is 292 g/mol. The van der Waals surface area contributed by atoms with E-state index in [2.05, 4.69) is 38.0 Å². The topological polar surface area (TPSA) is 51.2 Å². The van der Waals surface area contributed by atoms with Crippen molar-refractivity contribution in [1.29, 1.82) is 0 Å². The first-order valence-electron chi connectivity index (χ1n) is 7.71. The average Bonchev–Trinajstić information content (AvgIpc) is 2.46. The summed E-state index contributed by atoms with van der Waals surface area (Å²) < 4.78 is 5.51. The highest BCUT2D eigenvalue weighted by Gasteiger charge is 2.39. The maximum Gasteiger partial charge on any atom is 0.226 e. The van der Waals surface area contributed by atoms with Gasteiger partial charge in [-0.1, -0.05) is 40.7 Å². The maximum absolute atomic E-state index is 12.4. The number of pyridine rings is 1. The second kappa shape index (κ2) is 8.01. The molecule has 1 amide bonds. The normalized spacial score (nSPS) is 11.8. The Kier molecular flexibility index (Phi) is 6.66. The number of hydrogen-bond donors (Lipinski definition) is 1. The quantitative estimate of drug-likeness (QED) is 0.748. The second-order valence-corrected chi connectivity index (χ2v) is 6.22. The van der Waals surface area contributed by atoms with Gasteiger partial charge in [0.05, 0.1) is 12.0 Å². The fourth-order valence-electron chi connectivity index (χ4n) is 2.26. The van der Waals surface area contributed by atoms with Crippen molar-refractivity contribution in [3.63, 3.8) is 0 Å². The van der Waals surface area contributed by atoms with E-state index in [1.807, 2.05) is 25.1 Å². The van der Waals surface area contributed by atoms with Gasteiger partial charge in [-0.05, 0) is 24.3 Å². The van der Waals surface area contributed by atoms with Gasteiger partial charge in [-0.25, -0.2) is 4.98 Å². The molecule has 1 aromatic rings. The molecule has 1 heterocycles. The Morgan fingerprint density at radius 2 is 1.95 bits per heavy atom. The molecule has 0 bridgehead atoms. The molecule has 0 saturated carbocycles. The van der Waals surface area contributed by atoms with Crippen LogP contribution < -0.4 is 10.1 Å². The molecule has 0 atom stereocenters. The third-order valence-corrected chi connectivity index (χ3v) is 4.38. The predicted molar refractivity (Wildman–Crippen MR) is 85.1 cm³/mol. The summed E-state index contributed by atoms with van der Waals surface area (Å²) in [6, 6.07) is 5.57. The molecule has 118 valence electrons. The van der Waals surface area contributed by atoms with Gasteiger partial charge in [0.2, 0.25) is 11.8 Å². The van der Waals surface area contributed by atoms with Crippen molar-refractivity contribution < 1.29 is 9.53 Å². The lowest BCUT2D eigenvalue weighted by atomic mass is 9.70. The standard InChI is InChI=1S/C17H28N2O2/c1-13(2)17(5,14(3)4)16(20)19-11-8-12-21-15-9-6-7-10-18-15/h6-7,9-10,13-14H,8,11-12H2,1-5H3,(H,19,20). The fourth-order valence-corrected chi connectivity index (χ4v) is 2.26. The number of nitrogens with one attached hydrogen (secondary N) is 1. The Bertz CT molecular complexity index is 422.